The fourth-order valence-electron chi connectivity index (χ4n) is 1.93. The summed E-state index contributed by atoms with van der Waals surface area (Å²) in [5.74, 6) is 1.03. The van der Waals surface area contributed by atoms with E-state index in [2.05, 4.69) is 24.5 Å². The Bertz CT molecular complexity index is 106. The molecule has 0 spiro atoms. The zero-order valence-electron chi connectivity index (χ0n) is 7.42. The molecule has 0 saturated carbocycles. The second-order valence-electron chi connectivity index (χ2n) is 3.32. The summed E-state index contributed by atoms with van der Waals surface area (Å²) in [6, 6.07) is 0.884. The van der Waals surface area contributed by atoms with Crippen LogP contribution >= 0.6 is 12.6 Å². The molecular weight excluding hydrogens is 154 g/mol. The van der Waals surface area contributed by atoms with Crippen LogP contribution in [0, 0.1) is 0 Å². The minimum absolute atomic E-state index is 0.884. The van der Waals surface area contributed by atoms with Crippen molar-refractivity contribution in [2.24, 2.45) is 0 Å². The maximum absolute atomic E-state index is 4.23. The fraction of sp³-hybridized carbons (Fsp3) is 1.00. The molecule has 1 rings (SSSR count). The number of likely N-dealkylation sites (tertiary alicyclic amines) is 1. The second-order valence-corrected chi connectivity index (χ2v) is 3.76. The summed E-state index contributed by atoms with van der Waals surface area (Å²) in [6.07, 6.45) is 5.40. The number of hydrogen-bond donors (Lipinski definition) is 1. The highest BCUT2D eigenvalue weighted by atomic mass is 32.1. The summed E-state index contributed by atoms with van der Waals surface area (Å²) in [7, 11) is 0. The van der Waals surface area contributed by atoms with E-state index in [1.807, 2.05) is 0 Å². The van der Waals surface area contributed by atoms with Crippen LogP contribution in [-0.2, 0) is 0 Å². The van der Waals surface area contributed by atoms with Crippen LogP contribution in [-0.4, -0.2) is 29.8 Å². The molecule has 1 aliphatic rings. The van der Waals surface area contributed by atoms with Gasteiger partial charge in [-0.3, -0.25) is 0 Å². The predicted octanol–water partition coefficient (Wildman–Crippen LogP) is 2.18. The molecule has 0 radical (unpaired) electrons. The molecule has 1 unspecified atom stereocenters. The molecule has 1 heterocycles. The highest BCUT2D eigenvalue weighted by Gasteiger charge is 2.21. The molecule has 0 N–H and O–H groups in total. The maximum atomic E-state index is 4.23. The molecule has 0 bridgehead atoms. The summed E-state index contributed by atoms with van der Waals surface area (Å²) >= 11 is 4.23. The van der Waals surface area contributed by atoms with Gasteiger partial charge in [0.15, 0.2) is 0 Å². The van der Waals surface area contributed by atoms with Crippen LogP contribution < -0.4 is 0 Å². The van der Waals surface area contributed by atoms with Gasteiger partial charge in [-0.15, -0.1) is 0 Å². The Hall–Kier alpha value is 0.310. The van der Waals surface area contributed by atoms with Crippen molar-refractivity contribution in [3.8, 4) is 0 Å². The third-order valence-corrected chi connectivity index (χ3v) is 2.89. The van der Waals surface area contributed by atoms with Gasteiger partial charge in [0, 0.05) is 6.04 Å². The first-order valence-corrected chi connectivity index (χ1v) is 5.36. The van der Waals surface area contributed by atoms with Gasteiger partial charge in [-0.05, 0) is 44.5 Å². The molecule has 0 aromatic heterocycles. The second kappa shape index (κ2) is 5.04. The van der Waals surface area contributed by atoms with E-state index < -0.39 is 0 Å². The third-order valence-electron chi connectivity index (χ3n) is 2.57. The summed E-state index contributed by atoms with van der Waals surface area (Å²) in [6.45, 7) is 4.89. The van der Waals surface area contributed by atoms with Gasteiger partial charge in [-0.1, -0.05) is 6.92 Å². The van der Waals surface area contributed by atoms with Crippen LogP contribution in [0.3, 0.4) is 0 Å². The van der Waals surface area contributed by atoms with E-state index in [0.29, 0.717) is 0 Å². The van der Waals surface area contributed by atoms with Gasteiger partial charge in [0.1, 0.15) is 0 Å². The highest BCUT2D eigenvalue weighted by molar-refractivity contribution is 7.80. The SMILES string of the molecule is CCC1CCCN1CCCS. The fourth-order valence-corrected chi connectivity index (χ4v) is 2.07. The van der Waals surface area contributed by atoms with Crippen molar-refractivity contribution in [1.29, 1.82) is 0 Å². The van der Waals surface area contributed by atoms with E-state index in [9.17, 15) is 0 Å². The number of rotatable bonds is 4. The van der Waals surface area contributed by atoms with Gasteiger partial charge in [0.25, 0.3) is 0 Å². The van der Waals surface area contributed by atoms with Crippen molar-refractivity contribution >= 4 is 12.6 Å². The summed E-state index contributed by atoms with van der Waals surface area (Å²) < 4.78 is 0. The Morgan fingerprint density at radius 3 is 3.00 bits per heavy atom. The minimum Gasteiger partial charge on any atom is -0.300 e. The minimum atomic E-state index is 0.884. The molecule has 1 aliphatic heterocycles. The molecule has 0 aromatic rings. The number of hydrogen-bond acceptors (Lipinski definition) is 2. The van der Waals surface area contributed by atoms with Crippen molar-refractivity contribution in [2.45, 2.75) is 38.6 Å². The first kappa shape index (κ1) is 9.40. The Morgan fingerprint density at radius 2 is 2.36 bits per heavy atom. The van der Waals surface area contributed by atoms with Gasteiger partial charge < -0.3 is 4.90 Å². The van der Waals surface area contributed by atoms with Crippen LogP contribution in [0.5, 0.6) is 0 Å². The molecule has 11 heavy (non-hydrogen) atoms. The van der Waals surface area contributed by atoms with E-state index in [1.54, 1.807) is 0 Å². The zero-order valence-corrected chi connectivity index (χ0v) is 8.32. The molecule has 1 atom stereocenters. The van der Waals surface area contributed by atoms with Crippen molar-refractivity contribution in [3.05, 3.63) is 0 Å². The lowest BCUT2D eigenvalue weighted by atomic mass is 10.2. The quantitative estimate of drug-likeness (QED) is 0.638. The van der Waals surface area contributed by atoms with Gasteiger partial charge in [0.05, 0.1) is 0 Å². The topological polar surface area (TPSA) is 3.24 Å². The van der Waals surface area contributed by atoms with Gasteiger partial charge in [0.2, 0.25) is 0 Å². The number of thiol groups is 1. The van der Waals surface area contributed by atoms with Gasteiger partial charge >= 0.3 is 0 Å². The third kappa shape index (κ3) is 2.68. The van der Waals surface area contributed by atoms with Crippen LogP contribution in [0.25, 0.3) is 0 Å². The summed E-state index contributed by atoms with van der Waals surface area (Å²) in [5.41, 5.74) is 0. The Kier molecular flexibility index (Phi) is 4.31. The Morgan fingerprint density at radius 1 is 1.55 bits per heavy atom. The summed E-state index contributed by atoms with van der Waals surface area (Å²) in [5, 5.41) is 0. The molecule has 0 amide bonds. The average molecular weight is 173 g/mol. The van der Waals surface area contributed by atoms with Crippen molar-refractivity contribution in [1.82, 2.24) is 4.90 Å². The lowest BCUT2D eigenvalue weighted by Crippen LogP contribution is -2.29. The van der Waals surface area contributed by atoms with E-state index in [-0.39, 0.29) is 0 Å². The zero-order chi connectivity index (χ0) is 8.10. The van der Waals surface area contributed by atoms with Gasteiger partial charge in [-0.2, -0.15) is 12.6 Å². The van der Waals surface area contributed by atoms with Gasteiger partial charge in [-0.25, -0.2) is 0 Å². The normalized spacial score (nSPS) is 26.2. The Labute approximate surface area is 75.6 Å². The molecule has 1 fully saturated rings. The molecule has 1 saturated heterocycles. The van der Waals surface area contributed by atoms with Crippen molar-refractivity contribution < 1.29 is 0 Å². The molecular formula is C9H19NS. The van der Waals surface area contributed by atoms with E-state index in [0.717, 1.165) is 11.8 Å². The first-order chi connectivity index (χ1) is 5.38. The van der Waals surface area contributed by atoms with E-state index in [1.165, 1.54) is 38.8 Å². The van der Waals surface area contributed by atoms with Crippen LogP contribution in [0.1, 0.15) is 32.6 Å². The predicted molar refractivity (Wildman–Crippen MR) is 53.4 cm³/mol. The molecule has 66 valence electrons. The molecule has 0 aromatic carbocycles. The van der Waals surface area contributed by atoms with Crippen LogP contribution in [0.15, 0.2) is 0 Å². The van der Waals surface area contributed by atoms with Crippen LogP contribution in [0.4, 0.5) is 0 Å². The average Bonchev–Trinajstić information content (AvgIpc) is 2.47. The summed E-state index contributed by atoms with van der Waals surface area (Å²) in [4.78, 5) is 2.62. The number of nitrogens with zero attached hydrogens (tertiary/aromatic N) is 1. The van der Waals surface area contributed by atoms with Crippen molar-refractivity contribution in [2.75, 3.05) is 18.8 Å². The van der Waals surface area contributed by atoms with E-state index >= 15 is 0 Å². The van der Waals surface area contributed by atoms with E-state index in [4.69, 9.17) is 0 Å². The largest absolute Gasteiger partial charge is 0.300 e. The first-order valence-electron chi connectivity index (χ1n) is 4.73. The maximum Gasteiger partial charge on any atom is 0.00931 e. The van der Waals surface area contributed by atoms with Crippen LogP contribution in [0.2, 0.25) is 0 Å². The van der Waals surface area contributed by atoms with Crippen molar-refractivity contribution in [3.63, 3.8) is 0 Å². The monoisotopic (exact) mass is 173 g/mol. The standard InChI is InChI=1S/C9H19NS/c1-2-9-5-3-6-10(9)7-4-8-11/h9,11H,2-8H2,1H3. The Balaban J connectivity index is 2.20. The smallest absolute Gasteiger partial charge is 0.00931 e. The highest BCUT2D eigenvalue weighted by Crippen LogP contribution is 2.19. The lowest BCUT2D eigenvalue weighted by molar-refractivity contribution is 0.250. The lowest BCUT2D eigenvalue weighted by Gasteiger charge is -2.22. The molecule has 2 heteroatoms. The molecule has 0 aliphatic carbocycles. The molecule has 1 nitrogen and oxygen atoms in total.